The van der Waals surface area contributed by atoms with E-state index >= 15 is 0 Å². The van der Waals surface area contributed by atoms with Gasteiger partial charge < -0.3 is 4.74 Å². The lowest BCUT2D eigenvalue weighted by molar-refractivity contribution is 0.122. The van der Waals surface area contributed by atoms with Crippen molar-refractivity contribution in [3.05, 3.63) is 45.1 Å². The second-order valence-electron chi connectivity index (χ2n) is 4.81. The molecule has 0 fully saturated rings. The third-order valence-electron chi connectivity index (χ3n) is 3.21. The number of fused-ring (bicyclic) bond motifs is 1. The van der Waals surface area contributed by atoms with Crippen LogP contribution in [0.25, 0.3) is 4.96 Å². The highest BCUT2D eigenvalue weighted by Gasteiger charge is 2.19. The number of anilines is 1. The van der Waals surface area contributed by atoms with E-state index in [1.54, 1.807) is 29.6 Å². The molecule has 6 nitrogen and oxygen atoms in total. The Labute approximate surface area is 146 Å². The molecule has 1 amide bonds. The van der Waals surface area contributed by atoms with E-state index in [4.69, 9.17) is 27.9 Å². The van der Waals surface area contributed by atoms with Crippen molar-refractivity contribution in [2.24, 2.45) is 0 Å². The molecule has 0 radical (unpaired) electrons. The molecule has 2 heterocycles. The second kappa shape index (κ2) is 6.35. The van der Waals surface area contributed by atoms with E-state index in [-0.39, 0.29) is 0 Å². The average Bonchev–Trinajstić information content (AvgIpc) is 3.06. The summed E-state index contributed by atoms with van der Waals surface area (Å²) >= 11 is 13.2. The minimum absolute atomic E-state index is 0.360. The smallest absolute Gasteiger partial charge is 0.412 e. The molecule has 3 aromatic rings. The molecular formula is C14H12Cl2N4O2S. The van der Waals surface area contributed by atoms with Gasteiger partial charge in [0.1, 0.15) is 12.4 Å². The van der Waals surface area contributed by atoms with Crippen molar-refractivity contribution >= 4 is 51.3 Å². The maximum Gasteiger partial charge on any atom is 0.412 e. The SMILES string of the molecule is Cc1c(C(C)OC(=O)Nc2ccc(Cl)c(Cl)c2)sc2ncnn12. The highest BCUT2D eigenvalue weighted by molar-refractivity contribution is 7.17. The van der Waals surface area contributed by atoms with Gasteiger partial charge in [0.05, 0.1) is 20.6 Å². The molecule has 1 aromatic carbocycles. The summed E-state index contributed by atoms with van der Waals surface area (Å²) in [5.41, 5.74) is 1.41. The average molecular weight is 371 g/mol. The number of rotatable bonds is 3. The predicted molar refractivity (Wildman–Crippen MR) is 90.6 cm³/mol. The molecule has 0 saturated carbocycles. The lowest BCUT2D eigenvalue weighted by atomic mass is 10.3. The Kier molecular flexibility index (Phi) is 4.43. The third-order valence-corrected chi connectivity index (χ3v) is 5.26. The number of nitrogens with one attached hydrogen (secondary N) is 1. The molecule has 3 rings (SSSR count). The van der Waals surface area contributed by atoms with Crippen LogP contribution in [-0.2, 0) is 4.74 Å². The van der Waals surface area contributed by atoms with E-state index in [1.807, 2.05) is 6.92 Å². The fourth-order valence-electron chi connectivity index (χ4n) is 2.12. The Bertz CT molecular complexity index is 877. The Morgan fingerprint density at radius 1 is 1.39 bits per heavy atom. The van der Waals surface area contributed by atoms with Gasteiger partial charge in [-0.2, -0.15) is 5.10 Å². The van der Waals surface area contributed by atoms with Gasteiger partial charge in [-0.3, -0.25) is 5.32 Å². The molecule has 0 aliphatic heterocycles. The van der Waals surface area contributed by atoms with Crippen molar-refractivity contribution in [1.82, 2.24) is 14.6 Å². The number of hydrogen-bond donors (Lipinski definition) is 1. The number of thiazole rings is 1. The molecule has 1 atom stereocenters. The first-order valence-electron chi connectivity index (χ1n) is 6.67. The topological polar surface area (TPSA) is 68.5 Å². The molecule has 120 valence electrons. The van der Waals surface area contributed by atoms with Crippen molar-refractivity contribution in [1.29, 1.82) is 0 Å². The van der Waals surface area contributed by atoms with Crippen LogP contribution in [0.2, 0.25) is 10.0 Å². The van der Waals surface area contributed by atoms with Crippen molar-refractivity contribution < 1.29 is 9.53 Å². The molecule has 0 spiro atoms. The Balaban J connectivity index is 1.70. The van der Waals surface area contributed by atoms with Crippen LogP contribution >= 0.6 is 34.5 Å². The van der Waals surface area contributed by atoms with Gasteiger partial charge in [0.25, 0.3) is 0 Å². The fraction of sp³-hybridized carbons (Fsp3) is 0.214. The van der Waals surface area contributed by atoms with Crippen molar-refractivity contribution in [3.63, 3.8) is 0 Å². The highest BCUT2D eigenvalue weighted by Crippen LogP contribution is 2.30. The predicted octanol–water partition coefficient (Wildman–Crippen LogP) is 4.72. The number of carbonyl (C=O) groups is 1. The number of halogens is 2. The Morgan fingerprint density at radius 2 is 2.17 bits per heavy atom. The first-order valence-corrected chi connectivity index (χ1v) is 8.24. The number of nitrogens with zero attached hydrogens (tertiary/aromatic N) is 3. The molecule has 0 bridgehead atoms. The summed E-state index contributed by atoms with van der Waals surface area (Å²) < 4.78 is 7.12. The van der Waals surface area contributed by atoms with E-state index in [0.717, 1.165) is 15.5 Å². The summed E-state index contributed by atoms with van der Waals surface area (Å²) in [6.45, 7) is 3.71. The number of hydrogen-bond acceptors (Lipinski definition) is 5. The number of amides is 1. The maximum absolute atomic E-state index is 12.0. The van der Waals surface area contributed by atoms with Gasteiger partial charge in [-0.1, -0.05) is 34.5 Å². The van der Waals surface area contributed by atoms with Gasteiger partial charge in [-0.05, 0) is 32.0 Å². The minimum atomic E-state index is -0.575. The second-order valence-corrected chi connectivity index (χ2v) is 6.63. The van der Waals surface area contributed by atoms with Gasteiger partial charge in [-0.25, -0.2) is 14.3 Å². The first-order chi connectivity index (χ1) is 11.0. The zero-order chi connectivity index (χ0) is 16.6. The van der Waals surface area contributed by atoms with Crippen LogP contribution in [0.15, 0.2) is 24.5 Å². The molecule has 0 aliphatic rings. The number of carbonyl (C=O) groups excluding carboxylic acids is 1. The van der Waals surface area contributed by atoms with Crippen molar-refractivity contribution in [2.45, 2.75) is 20.0 Å². The van der Waals surface area contributed by atoms with Gasteiger partial charge >= 0.3 is 6.09 Å². The zero-order valence-electron chi connectivity index (χ0n) is 12.2. The van der Waals surface area contributed by atoms with E-state index in [0.29, 0.717) is 15.7 Å². The molecule has 9 heteroatoms. The molecule has 23 heavy (non-hydrogen) atoms. The number of ether oxygens (including phenoxy) is 1. The van der Waals surface area contributed by atoms with Crippen LogP contribution in [0.1, 0.15) is 23.6 Å². The Hall–Kier alpha value is -1.83. The van der Waals surface area contributed by atoms with Crippen LogP contribution < -0.4 is 5.32 Å². The van der Waals surface area contributed by atoms with Crippen LogP contribution in [-0.4, -0.2) is 20.7 Å². The summed E-state index contributed by atoms with van der Waals surface area (Å²) in [5.74, 6) is 0. The van der Waals surface area contributed by atoms with Crippen molar-refractivity contribution in [2.75, 3.05) is 5.32 Å². The van der Waals surface area contributed by atoms with Gasteiger partial charge in [0.2, 0.25) is 4.96 Å². The van der Waals surface area contributed by atoms with E-state index in [9.17, 15) is 4.79 Å². The monoisotopic (exact) mass is 370 g/mol. The zero-order valence-corrected chi connectivity index (χ0v) is 14.5. The van der Waals surface area contributed by atoms with Crippen LogP contribution in [0.5, 0.6) is 0 Å². The van der Waals surface area contributed by atoms with Crippen LogP contribution in [0.4, 0.5) is 10.5 Å². The molecule has 1 unspecified atom stereocenters. The third kappa shape index (κ3) is 3.26. The lowest BCUT2D eigenvalue weighted by Gasteiger charge is -2.13. The fourth-order valence-corrected chi connectivity index (χ4v) is 3.43. The molecule has 1 N–H and O–H groups in total. The minimum Gasteiger partial charge on any atom is -0.440 e. The number of aromatic nitrogens is 3. The number of aryl methyl sites for hydroxylation is 1. The van der Waals surface area contributed by atoms with Gasteiger partial charge in [-0.15, -0.1) is 0 Å². The van der Waals surface area contributed by atoms with Gasteiger partial charge in [0, 0.05) is 5.69 Å². The molecular weight excluding hydrogens is 359 g/mol. The van der Waals surface area contributed by atoms with Gasteiger partial charge in [0.15, 0.2) is 0 Å². The standard InChI is InChI=1S/C14H12Cl2N4O2S/c1-7-12(23-13-17-6-18-20(7)13)8(2)22-14(21)19-9-3-4-10(15)11(16)5-9/h3-6,8H,1-2H3,(H,19,21). The summed E-state index contributed by atoms with van der Waals surface area (Å²) in [5, 5.41) is 7.52. The Morgan fingerprint density at radius 3 is 2.87 bits per heavy atom. The summed E-state index contributed by atoms with van der Waals surface area (Å²) in [4.78, 5) is 17.8. The maximum atomic E-state index is 12.0. The highest BCUT2D eigenvalue weighted by atomic mass is 35.5. The molecule has 0 aliphatic carbocycles. The summed E-state index contributed by atoms with van der Waals surface area (Å²) in [7, 11) is 0. The largest absolute Gasteiger partial charge is 0.440 e. The van der Waals surface area contributed by atoms with Crippen LogP contribution in [0, 0.1) is 6.92 Å². The quantitative estimate of drug-likeness (QED) is 0.724. The van der Waals surface area contributed by atoms with E-state index in [1.165, 1.54) is 17.7 Å². The van der Waals surface area contributed by atoms with E-state index in [2.05, 4.69) is 15.4 Å². The van der Waals surface area contributed by atoms with E-state index < -0.39 is 12.2 Å². The number of benzene rings is 1. The van der Waals surface area contributed by atoms with Crippen molar-refractivity contribution in [3.8, 4) is 0 Å². The van der Waals surface area contributed by atoms with Crippen LogP contribution in [0.3, 0.4) is 0 Å². The molecule has 2 aromatic heterocycles. The first kappa shape index (κ1) is 16.0. The lowest BCUT2D eigenvalue weighted by Crippen LogP contribution is -2.16. The molecule has 0 saturated heterocycles. The summed E-state index contributed by atoms with van der Waals surface area (Å²) in [6.07, 6.45) is 0.492. The normalized spacial score (nSPS) is 12.3. The summed E-state index contributed by atoms with van der Waals surface area (Å²) in [6, 6.07) is 4.81.